The first-order valence-corrected chi connectivity index (χ1v) is 20.3. The maximum absolute atomic E-state index is 4.75. The van der Waals surface area contributed by atoms with Gasteiger partial charge in [0.1, 0.15) is 0 Å². The summed E-state index contributed by atoms with van der Waals surface area (Å²) in [6.45, 7) is 4.17. The van der Waals surface area contributed by atoms with E-state index >= 15 is 0 Å². The summed E-state index contributed by atoms with van der Waals surface area (Å²) < 4.78 is 0. The molecule has 6 heterocycles. The van der Waals surface area contributed by atoms with Crippen LogP contribution in [0.1, 0.15) is 55.6 Å². The van der Waals surface area contributed by atoms with Gasteiger partial charge in [-0.05, 0) is 194 Å². The molecule has 0 bridgehead atoms. The van der Waals surface area contributed by atoms with Gasteiger partial charge in [-0.3, -0.25) is 29.9 Å². The number of nitrogens with zero attached hydrogens (tertiary/aromatic N) is 6. The maximum Gasteiger partial charge on any atom is 0.0888 e. The SMILES string of the molecule is Cc1ccnc(-c2cc(CCc3ccccc3CCc3ccnc(-c4cc(CCc5ccccc5CCc5ccnc(-c6cc(C)ccn6)c5)ccn4)c3)ccn2)c1. The van der Waals surface area contributed by atoms with Crippen molar-refractivity contribution in [2.75, 3.05) is 0 Å². The number of hydrogen-bond acceptors (Lipinski definition) is 6. The molecular formula is C52H48N6. The fourth-order valence-electron chi connectivity index (χ4n) is 7.64. The van der Waals surface area contributed by atoms with Gasteiger partial charge in [0.15, 0.2) is 0 Å². The Balaban J connectivity index is 0.879. The van der Waals surface area contributed by atoms with E-state index in [0.29, 0.717) is 0 Å². The van der Waals surface area contributed by atoms with E-state index in [2.05, 4.69) is 143 Å². The lowest BCUT2D eigenvalue weighted by Gasteiger charge is -2.12. The third-order valence-electron chi connectivity index (χ3n) is 10.9. The topological polar surface area (TPSA) is 77.3 Å². The van der Waals surface area contributed by atoms with Crippen LogP contribution in [0, 0.1) is 13.8 Å². The van der Waals surface area contributed by atoms with Crippen LogP contribution in [0.15, 0.2) is 159 Å². The molecule has 6 nitrogen and oxygen atoms in total. The number of aromatic nitrogens is 6. The molecule has 2 aromatic carbocycles. The van der Waals surface area contributed by atoms with E-state index in [4.69, 9.17) is 9.97 Å². The normalized spacial score (nSPS) is 11.1. The molecule has 0 saturated carbocycles. The van der Waals surface area contributed by atoms with E-state index in [1.807, 2.05) is 49.3 Å². The molecule has 0 atom stereocenters. The van der Waals surface area contributed by atoms with Crippen LogP contribution in [0.4, 0.5) is 0 Å². The smallest absolute Gasteiger partial charge is 0.0888 e. The van der Waals surface area contributed by atoms with Gasteiger partial charge in [-0.2, -0.15) is 0 Å². The summed E-state index contributed by atoms with van der Waals surface area (Å²) in [6.07, 6.45) is 19.0. The molecule has 0 spiro atoms. The molecule has 58 heavy (non-hydrogen) atoms. The monoisotopic (exact) mass is 756 g/mol. The van der Waals surface area contributed by atoms with E-state index in [1.54, 1.807) is 0 Å². The molecule has 0 N–H and O–H groups in total. The lowest BCUT2D eigenvalue weighted by molar-refractivity contribution is 0.890. The van der Waals surface area contributed by atoms with Crippen molar-refractivity contribution >= 4 is 0 Å². The van der Waals surface area contributed by atoms with Gasteiger partial charge in [-0.1, -0.05) is 48.5 Å². The maximum atomic E-state index is 4.75. The summed E-state index contributed by atoms with van der Waals surface area (Å²) in [5, 5.41) is 0. The Hall–Kier alpha value is -6.66. The van der Waals surface area contributed by atoms with Crippen molar-refractivity contribution in [1.29, 1.82) is 0 Å². The highest BCUT2D eigenvalue weighted by Crippen LogP contribution is 2.23. The van der Waals surface area contributed by atoms with Gasteiger partial charge in [0.25, 0.3) is 0 Å². The van der Waals surface area contributed by atoms with Crippen molar-refractivity contribution in [3.63, 3.8) is 0 Å². The minimum Gasteiger partial charge on any atom is -0.255 e. The Morgan fingerprint density at radius 3 is 0.776 bits per heavy atom. The average Bonchev–Trinajstić information content (AvgIpc) is 3.27. The third kappa shape index (κ3) is 10.0. The lowest BCUT2D eigenvalue weighted by atomic mass is 9.95. The first kappa shape index (κ1) is 38.2. The quantitative estimate of drug-likeness (QED) is 0.104. The Bertz CT molecular complexity index is 2450. The van der Waals surface area contributed by atoms with E-state index < -0.39 is 0 Å². The number of pyridine rings is 6. The second-order valence-electron chi connectivity index (χ2n) is 15.2. The van der Waals surface area contributed by atoms with Gasteiger partial charge in [-0.25, -0.2) is 0 Å². The first-order valence-electron chi connectivity index (χ1n) is 20.3. The van der Waals surface area contributed by atoms with Crippen LogP contribution in [-0.4, -0.2) is 29.9 Å². The van der Waals surface area contributed by atoms with E-state index in [9.17, 15) is 0 Å². The fraction of sp³-hybridized carbons (Fsp3) is 0.192. The number of hydrogen-bond donors (Lipinski definition) is 0. The van der Waals surface area contributed by atoms with Crippen molar-refractivity contribution in [2.24, 2.45) is 0 Å². The predicted molar refractivity (Wildman–Crippen MR) is 234 cm³/mol. The molecule has 0 unspecified atom stereocenters. The van der Waals surface area contributed by atoms with Crippen LogP contribution < -0.4 is 0 Å². The van der Waals surface area contributed by atoms with E-state index in [-0.39, 0.29) is 0 Å². The Labute approximate surface area is 342 Å². The largest absolute Gasteiger partial charge is 0.255 e. The Morgan fingerprint density at radius 1 is 0.276 bits per heavy atom. The summed E-state index contributed by atoms with van der Waals surface area (Å²) in [5.41, 5.74) is 18.5. The van der Waals surface area contributed by atoms with Crippen molar-refractivity contribution in [3.8, 4) is 34.2 Å². The van der Waals surface area contributed by atoms with Gasteiger partial charge in [-0.15, -0.1) is 0 Å². The van der Waals surface area contributed by atoms with Gasteiger partial charge in [0.05, 0.1) is 34.2 Å². The van der Waals surface area contributed by atoms with E-state index in [0.717, 1.165) is 85.5 Å². The molecule has 0 fully saturated rings. The van der Waals surface area contributed by atoms with Crippen LogP contribution in [0.3, 0.4) is 0 Å². The summed E-state index contributed by atoms with van der Waals surface area (Å²) >= 11 is 0. The first-order chi connectivity index (χ1) is 28.5. The lowest BCUT2D eigenvalue weighted by Crippen LogP contribution is -2.01. The van der Waals surface area contributed by atoms with Gasteiger partial charge >= 0.3 is 0 Å². The fourth-order valence-corrected chi connectivity index (χ4v) is 7.64. The standard InChI is InChI=1S/C52H48N6/c1-37-19-25-53-47(31-37)49-33-39(21-27-55-49)11-15-43-7-3-5-9-45(43)17-13-41-23-29-57-51(35-41)52-36-42(24-30-58-52)14-18-46-10-6-4-8-44(46)16-12-40-22-28-56-50(34-40)48-32-38(2)20-26-54-48/h3-10,19-36H,11-18H2,1-2H3. The number of benzene rings is 2. The molecule has 0 aliphatic carbocycles. The zero-order chi connectivity index (χ0) is 39.5. The van der Waals surface area contributed by atoms with Crippen molar-refractivity contribution in [2.45, 2.75) is 65.2 Å². The molecule has 8 aromatic rings. The average molecular weight is 757 g/mol. The van der Waals surface area contributed by atoms with Crippen LogP contribution in [0.25, 0.3) is 34.2 Å². The molecule has 286 valence electrons. The second kappa shape index (κ2) is 18.5. The van der Waals surface area contributed by atoms with Crippen LogP contribution in [0.5, 0.6) is 0 Å². The summed E-state index contributed by atoms with van der Waals surface area (Å²) in [4.78, 5) is 27.8. The van der Waals surface area contributed by atoms with Crippen molar-refractivity contribution in [1.82, 2.24) is 29.9 Å². The Kier molecular flexibility index (Phi) is 12.2. The molecule has 0 aliphatic rings. The van der Waals surface area contributed by atoms with Crippen molar-refractivity contribution in [3.05, 3.63) is 214 Å². The highest BCUT2D eigenvalue weighted by molar-refractivity contribution is 5.57. The molecule has 6 aromatic heterocycles. The van der Waals surface area contributed by atoms with Crippen LogP contribution in [0.2, 0.25) is 0 Å². The minimum absolute atomic E-state index is 0.919. The highest BCUT2D eigenvalue weighted by Gasteiger charge is 2.10. The summed E-state index contributed by atoms with van der Waals surface area (Å²) in [6, 6.07) is 43.2. The predicted octanol–water partition coefficient (Wildman–Crippen LogP) is 10.8. The summed E-state index contributed by atoms with van der Waals surface area (Å²) in [7, 11) is 0. The molecule has 6 heteroatoms. The van der Waals surface area contributed by atoms with Gasteiger partial charge in [0, 0.05) is 37.2 Å². The molecule has 0 saturated heterocycles. The molecule has 0 radical (unpaired) electrons. The molecular weight excluding hydrogens is 709 g/mol. The molecule has 8 rings (SSSR count). The molecule has 0 amide bonds. The number of aryl methyl sites for hydroxylation is 10. The third-order valence-corrected chi connectivity index (χ3v) is 10.9. The van der Waals surface area contributed by atoms with Gasteiger partial charge in [0.2, 0.25) is 0 Å². The van der Waals surface area contributed by atoms with Crippen molar-refractivity contribution < 1.29 is 0 Å². The minimum atomic E-state index is 0.919. The molecule has 0 aliphatic heterocycles. The second-order valence-corrected chi connectivity index (χ2v) is 15.2. The van der Waals surface area contributed by atoms with Crippen LogP contribution >= 0.6 is 0 Å². The van der Waals surface area contributed by atoms with Gasteiger partial charge < -0.3 is 0 Å². The zero-order valence-corrected chi connectivity index (χ0v) is 33.4. The highest BCUT2D eigenvalue weighted by atomic mass is 14.8. The van der Waals surface area contributed by atoms with Crippen LogP contribution in [-0.2, 0) is 51.4 Å². The number of rotatable bonds is 15. The Morgan fingerprint density at radius 2 is 0.517 bits per heavy atom. The summed E-state index contributed by atoms with van der Waals surface area (Å²) in [5.74, 6) is 0. The van der Waals surface area contributed by atoms with E-state index in [1.165, 1.54) is 55.6 Å². The zero-order valence-electron chi connectivity index (χ0n) is 33.4.